The van der Waals surface area contributed by atoms with Crippen LogP contribution in [0.25, 0.3) is 11.4 Å². The van der Waals surface area contributed by atoms with Crippen molar-refractivity contribution in [3.05, 3.63) is 36.2 Å². The van der Waals surface area contributed by atoms with Crippen molar-refractivity contribution >= 4 is 19.8 Å². The average Bonchev–Trinajstić information content (AvgIpc) is 3.32. The monoisotopic (exact) mass is 441 g/mol. The van der Waals surface area contributed by atoms with Gasteiger partial charge in [0.15, 0.2) is 0 Å². The van der Waals surface area contributed by atoms with E-state index in [0.717, 1.165) is 62.3 Å². The van der Waals surface area contributed by atoms with Gasteiger partial charge in [-0.1, -0.05) is 26.6 Å². The summed E-state index contributed by atoms with van der Waals surface area (Å²) >= 11 is 0. The number of aryl methyl sites for hydroxylation is 1. The zero-order valence-electron chi connectivity index (χ0n) is 19.2. The van der Waals surface area contributed by atoms with Crippen molar-refractivity contribution in [1.82, 2.24) is 19.8 Å². The highest BCUT2D eigenvalue weighted by atomic mass is 28.3. The molecule has 2 amide bonds. The number of ether oxygens (including phenoxy) is 1. The van der Waals surface area contributed by atoms with E-state index in [4.69, 9.17) is 4.74 Å². The number of urea groups is 1. The van der Waals surface area contributed by atoms with E-state index < -0.39 is 8.07 Å². The van der Waals surface area contributed by atoms with Crippen LogP contribution in [0.2, 0.25) is 25.7 Å². The third-order valence-corrected chi connectivity index (χ3v) is 7.88. The number of rotatable bonds is 8. The zero-order valence-corrected chi connectivity index (χ0v) is 20.2. The van der Waals surface area contributed by atoms with Gasteiger partial charge in [-0.3, -0.25) is 4.90 Å². The smallest absolute Gasteiger partial charge is 0.324 e. The molecule has 7 nitrogen and oxygen atoms in total. The van der Waals surface area contributed by atoms with E-state index in [-0.39, 0.29) is 12.1 Å². The summed E-state index contributed by atoms with van der Waals surface area (Å²) in [6.07, 6.45) is 2.86. The van der Waals surface area contributed by atoms with Crippen molar-refractivity contribution < 1.29 is 9.53 Å². The second kappa shape index (κ2) is 9.14. The second-order valence-corrected chi connectivity index (χ2v) is 15.3. The fraction of sp³-hybridized carbons (Fsp3) is 0.565. The molecule has 0 aliphatic carbocycles. The minimum absolute atomic E-state index is 0.116. The van der Waals surface area contributed by atoms with E-state index in [1.807, 2.05) is 28.1 Å². The van der Waals surface area contributed by atoms with Gasteiger partial charge in [0.05, 0.1) is 6.04 Å². The Morgan fingerprint density at radius 2 is 2.00 bits per heavy atom. The number of amides is 2. The second-order valence-electron chi connectivity index (χ2n) is 9.69. The maximum absolute atomic E-state index is 12.8. The summed E-state index contributed by atoms with van der Waals surface area (Å²) in [6.45, 7) is 13.8. The lowest BCUT2D eigenvalue weighted by molar-refractivity contribution is 0.0866. The molecule has 2 saturated heterocycles. The molecular formula is C23H35N5O2Si. The van der Waals surface area contributed by atoms with Crippen LogP contribution in [-0.4, -0.2) is 67.4 Å². The van der Waals surface area contributed by atoms with Crippen LogP contribution < -0.4 is 10.2 Å². The van der Waals surface area contributed by atoms with Crippen molar-refractivity contribution in [3.8, 4) is 11.4 Å². The molecule has 2 fully saturated rings. The first-order chi connectivity index (χ1) is 14.9. The van der Waals surface area contributed by atoms with Crippen molar-refractivity contribution in [2.45, 2.75) is 51.8 Å². The molecule has 1 aromatic heterocycles. The predicted molar refractivity (Wildman–Crippen MR) is 127 cm³/mol. The first-order valence-electron chi connectivity index (χ1n) is 11.4. The standard InChI is InChI=1S/C23H35N5O2Si/c1-5-19-15-25-22(28(19)17-30-12-13-31(2,3)4)18-6-8-20(9-7-18)27-16-21-14-24-10-11-26(21)23(27)29/h6-9,15,21,24H,5,10-14,16-17H2,1-4H3. The quantitative estimate of drug-likeness (QED) is 0.502. The first-order valence-corrected chi connectivity index (χ1v) is 15.1. The Morgan fingerprint density at radius 1 is 1.23 bits per heavy atom. The van der Waals surface area contributed by atoms with Crippen LogP contribution >= 0.6 is 0 Å². The molecule has 1 N–H and O–H groups in total. The highest BCUT2D eigenvalue weighted by molar-refractivity contribution is 6.76. The molecule has 1 atom stereocenters. The summed E-state index contributed by atoms with van der Waals surface area (Å²) in [5.74, 6) is 0.922. The van der Waals surface area contributed by atoms with Gasteiger partial charge in [-0.05, 0) is 36.7 Å². The minimum atomic E-state index is -1.10. The lowest BCUT2D eigenvalue weighted by Gasteiger charge is -2.28. The highest BCUT2D eigenvalue weighted by Crippen LogP contribution is 2.28. The Labute approximate surface area is 186 Å². The summed E-state index contributed by atoms with van der Waals surface area (Å²) < 4.78 is 8.20. The average molecular weight is 442 g/mol. The van der Waals surface area contributed by atoms with Gasteiger partial charge in [0.1, 0.15) is 12.6 Å². The predicted octanol–water partition coefficient (Wildman–Crippen LogP) is 3.64. The Balaban J connectivity index is 1.48. The molecule has 1 aromatic carbocycles. The summed E-state index contributed by atoms with van der Waals surface area (Å²) in [6, 6.07) is 9.75. The fourth-order valence-corrected chi connectivity index (χ4v) is 4.98. The summed E-state index contributed by atoms with van der Waals surface area (Å²) in [5.41, 5.74) is 3.16. The number of fused-ring (bicyclic) bond motifs is 1. The van der Waals surface area contributed by atoms with Crippen molar-refractivity contribution in [1.29, 1.82) is 0 Å². The molecular weight excluding hydrogens is 406 g/mol. The van der Waals surface area contributed by atoms with Gasteiger partial charge >= 0.3 is 6.03 Å². The Kier molecular flexibility index (Phi) is 6.50. The maximum atomic E-state index is 12.8. The minimum Gasteiger partial charge on any atom is -0.361 e. The van der Waals surface area contributed by atoms with E-state index in [2.05, 4.69) is 53.6 Å². The number of imidazole rings is 1. The Bertz CT molecular complexity index is 906. The molecule has 0 bridgehead atoms. The topological polar surface area (TPSA) is 62.6 Å². The number of aromatic nitrogens is 2. The number of nitrogens with one attached hydrogen (secondary N) is 1. The van der Waals surface area contributed by atoms with Crippen molar-refractivity contribution in [3.63, 3.8) is 0 Å². The number of carbonyl (C=O) groups excluding carboxylic acids is 1. The van der Waals surface area contributed by atoms with Crippen LogP contribution in [0, 0.1) is 0 Å². The number of anilines is 1. The lowest BCUT2D eigenvalue weighted by Crippen LogP contribution is -2.49. The molecule has 4 rings (SSSR count). The SMILES string of the molecule is CCc1cnc(-c2ccc(N3CC4CNCCN4C3=O)cc2)n1COCC[Si](C)(C)C. The molecule has 2 aliphatic heterocycles. The molecule has 31 heavy (non-hydrogen) atoms. The molecule has 0 radical (unpaired) electrons. The van der Waals surface area contributed by atoms with E-state index in [1.54, 1.807) is 0 Å². The van der Waals surface area contributed by atoms with Crippen LogP contribution in [-0.2, 0) is 17.9 Å². The van der Waals surface area contributed by atoms with E-state index >= 15 is 0 Å². The van der Waals surface area contributed by atoms with Gasteiger partial charge in [-0.25, -0.2) is 9.78 Å². The van der Waals surface area contributed by atoms with Gasteiger partial charge in [0.25, 0.3) is 0 Å². The molecule has 0 saturated carbocycles. The highest BCUT2D eigenvalue weighted by Gasteiger charge is 2.39. The number of nitrogens with zero attached hydrogens (tertiary/aromatic N) is 4. The third-order valence-electron chi connectivity index (χ3n) is 6.17. The molecule has 168 valence electrons. The van der Waals surface area contributed by atoms with Crippen LogP contribution in [0.4, 0.5) is 10.5 Å². The largest absolute Gasteiger partial charge is 0.361 e. The van der Waals surface area contributed by atoms with Crippen molar-refractivity contribution in [2.75, 3.05) is 37.7 Å². The normalized spacial score (nSPS) is 19.2. The Hall–Kier alpha value is -2.16. The number of hydrogen-bond donors (Lipinski definition) is 1. The summed E-state index contributed by atoms with van der Waals surface area (Å²) in [4.78, 5) is 21.4. The van der Waals surface area contributed by atoms with Gasteiger partial charge in [0.2, 0.25) is 0 Å². The number of carbonyl (C=O) groups is 1. The summed E-state index contributed by atoms with van der Waals surface area (Å²) in [5, 5.41) is 3.38. The van der Waals surface area contributed by atoms with E-state index in [1.165, 1.54) is 5.69 Å². The fourth-order valence-electron chi connectivity index (χ4n) is 4.23. The van der Waals surface area contributed by atoms with Gasteiger partial charge in [-0.15, -0.1) is 0 Å². The van der Waals surface area contributed by atoms with Crippen molar-refractivity contribution in [2.24, 2.45) is 0 Å². The molecule has 8 heteroatoms. The van der Waals surface area contributed by atoms with Crippen LogP contribution in [0.1, 0.15) is 12.6 Å². The van der Waals surface area contributed by atoms with Crippen LogP contribution in [0.5, 0.6) is 0 Å². The van der Waals surface area contributed by atoms with Gasteiger partial charge in [-0.2, -0.15) is 0 Å². The van der Waals surface area contributed by atoms with E-state index in [0.29, 0.717) is 6.73 Å². The zero-order chi connectivity index (χ0) is 22.0. The lowest BCUT2D eigenvalue weighted by atomic mass is 10.1. The first kappa shape index (κ1) is 22.0. The van der Waals surface area contributed by atoms with Crippen LogP contribution in [0.15, 0.2) is 30.5 Å². The molecule has 1 unspecified atom stereocenters. The number of hydrogen-bond acceptors (Lipinski definition) is 4. The van der Waals surface area contributed by atoms with Crippen LogP contribution in [0.3, 0.4) is 0 Å². The maximum Gasteiger partial charge on any atom is 0.324 e. The van der Waals surface area contributed by atoms with Gasteiger partial charge in [0, 0.05) is 64.0 Å². The van der Waals surface area contributed by atoms with E-state index in [9.17, 15) is 4.79 Å². The number of benzene rings is 1. The molecule has 3 heterocycles. The molecule has 2 aliphatic rings. The Morgan fingerprint density at radius 3 is 2.68 bits per heavy atom. The molecule has 2 aromatic rings. The van der Waals surface area contributed by atoms with Gasteiger partial charge < -0.3 is 19.5 Å². The summed E-state index contributed by atoms with van der Waals surface area (Å²) in [7, 11) is -1.10. The third kappa shape index (κ3) is 4.86. The molecule has 0 spiro atoms. The number of piperazine rings is 1.